The van der Waals surface area contributed by atoms with Crippen LogP contribution in [0.3, 0.4) is 0 Å². The van der Waals surface area contributed by atoms with Crippen molar-refractivity contribution in [1.29, 1.82) is 0 Å². The lowest BCUT2D eigenvalue weighted by atomic mass is 10.1. The zero-order chi connectivity index (χ0) is 39.5. The van der Waals surface area contributed by atoms with Crippen LogP contribution >= 0.6 is 7.82 Å². The molecule has 0 aromatic rings. The highest BCUT2D eigenvalue weighted by molar-refractivity contribution is 7.47. The molecule has 3 N–H and O–H groups in total. The van der Waals surface area contributed by atoms with Gasteiger partial charge in [0, 0.05) is 13.2 Å². The van der Waals surface area contributed by atoms with Crippen LogP contribution in [0.25, 0.3) is 0 Å². The zero-order valence-corrected chi connectivity index (χ0v) is 34.5. The Labute approximate surface area is 329 Å². The van der Waals surface area contributed by atoms with Crippen LogP contribution in [0.5, 0.6) is 0 Å². The Hall–Kier alpha value is -2.84. The third-order valence-corrected chi connectivity index (χ3v) is 8.70. The highest BCUT2D eigenvalue weighted by Gasteiger charge is 2.25. The van der Waals surface area contributed by atoms with Gasteiger partial charge in [0.15, 0.2) is 0 Å². The lowest BCUT2D eigenvalue weighted by Gasteiger charge is -2.19. The molecule has 0 amide bonds. The summed E-state index contributed by atoms with van der Waals surface area (Å²) in [6.07, 6.45) is 55.6. The molecule has 0 rings (SSSR count). The van der Waals surface area contributed by atoms with Crippen molar-refractivity contribution < 1.29 is 32.8 Å². The molecule has 306 valence electrons. The van der Waals surface area contributed by atoms with Crippen LogP contribution < -0.4 is 5.73 Å². The number of rotatable bonds is 37. The third-order valence-electron chi connectivity index (χ3n) is 7.72. The summed E-state index contributed by atoms with van der Waals surface area (Å²) in [6.45, 7) is 4.49. The van der Waals surface area contributed by atoms with Crippen LogP contribution in [0.15, 0.2) is 109 Å². The quantitative estimate of drug-likeness (QED) is 0.0277. The van der Waals surface area contributed by atoms with E-state index in [0.717, 1.165) is 77.0 Å². The number of hydrogen-bond donors (Lipinski definition) is 2. The van der Waals surface area contributed by atoms with Gasteiger partial charge in [0.2, 0.25) is 0 Å². The molecule has 54 heavy (non-hydrogen) atoms. The molecular weight excluding hydrogens is 697 g/mol. The topological polar surface area (TPSA) is 117 Å². The number of phosphoric acid groups is 1. The van der Waals surface area contributed by atoms with Crippen molar-refractivity contribution in [1.82, 2.24) is 0 Å². The average Bonchev–Trinajstić information content (AvgIpc) is 3.16. The number of carbonyl (C=O) groups is 1. The van der Waals surface area contributed by atoms with Crippen LogP contribution in [0.2, 0.25) is 0 Å². The van der Waals surface area contributed by atoms with E-state index in [1.165, 1.54) is 25.7 Å². The minimum Gasteiger partial charge on any atom is -0.457 e. The van der Waals surface area contributed by atoms with Crippen molar-refractivity contribution in [2.75, 3.05) is 33.0 Å². The molecule has 2 atom stereocenters. The molecule has 0 fully saturated rings. The van der Waals surface area contributed by atoms with Crippen LogP contribution in [-0.2, 0) is 27.9 Å². The fourth-order valence-electron chi connectivity index (χ4n) is 4.83. The minimum absolute atomic E-state index is 0.0611. The normalized spacial score (nSPS) is 14.7. The summed E-state index contributed by atoms with van der Waals surface area (Å²) >= 11 is 0. The van der Waals surface area contributed by atoms with Gasteiger partial charge in [-0.2, -0.15) is 0 Å². The van der Waals surface area contributed by atoms with Gasteiger partial charge in [-0.05, 0) is 77.0 Å². The average molecular weight is 772 g/mol. The molecule has 0 saturated carbocycles. The molecule has 0 aliphatic heterocycles. The Bertz CT molecular complexity index is 1180. The number of nitrogens with two attached hydrogens (primary N) is 1. The largest absolute Gasteiger partial charge is 0.472 e. The fraction of sp³-hybridized carbons (Fsp3) is 0.578. The van der Waals surface area contributed by atoms with E-state index < -0.39 is 19.9 Å². The number of ether oxygens (including phenoxy) is 2. The zero-order valence-electron chi connectivity index (χ0n) is 33.7. The van der Waals surface area contributed by atoms with E-state index >= 15 is 0 Å². The Kier molecular flexibility index (Phi) is 39.2. The number of phosphoric ester groups is 1. The number of allylic oxidation sites excluding steroid dienone is 17. The van der Waals surface area contributed by atoms with Crippen molar-refractivity contribution in [2.45, 2.75) is 136 Å². The first kappa shape index (κ1) is 51.2. The molecule has 0 heterocycles. The summed E-state index contributed by atoms with van der Waals surface area (Å²) in [7, 11) is -4.31. The second-order valence-corrected chi connectivity index (χ2v) is 14.2. The van der Waals surface area contributed by atoms with Crippen LogP contribution in [0.4, 0.5) is 0 Å². The Balaban J connectivity index is 4.22. The second kappa shape index (κ2) is 41.3. The number of esters is 1. The highest BCUT2D eigenvalue weighted by atomic mass is 31.2. The molecule has 8 nitrogen and oxygen atoms in total. The third kappa shape index (κ3) is 40.3. The molecule has 0 bridgehead atoms. The Morgan fingerprint density at radius 3 is 1.46 bits per heavy atom. The van der Waals surface area contributed by atoms with Gasteiger partial charge in [-0.15, -0.1) is 0 Å². The van der Waals surface area contributed by atoms with Gasteiger partial charge in [0.25, 0.3) is 0 Å². The molecule has 2 unspecified atom stereocenters. The molecule has 0 radical (unpaired) electrons. The first-order chi connectivity index (χ1) is 26.4. The second-order valence-electron chi connectivity index (χ2n) is 12.7. The van der Waals surface area contributed by atoms with Crippen molar-refractivity contribution in [2.24, 2.45) is 5.73 Å². The molecule has 0 aromatic heterocycles. The van der Waals surface area contributed by atoms with Gasteiger partial charge >= 0.3 is 13.8 Å². The van der Waals surface area contributed by atoms with Crippen LogP contribution in [-0.4, -0.2) is 49.9 Å². The maximum Gasteiger partial charge on any atom is 0.472 e. The molecule has 0 aliphatic rings. The minimum atomic E-state index is -4.31. The maximum atomic E-state index is 12.5. The van der Waals surface area contributed by atoms with Gasteiger partial charge < -0.3 is 20.1 Å². The summed E-state index contributed by atoms with van der Waals surface area (Å²) in [5, 5.41) is 0. The monoisotopic (exact) mass is 772 g/mol. The van der Waals surface area contributed by atoms with Gasteiger partial charge in [-0.3, -0.25) is 13.8 Å². The van der Waals surface area contributed by atoms with Crippen LogP contribution in [0.1, 0.15) is 129 Å². The fourth-order valence-corrected chi connectivity index (χ4v) is 5.59. The van der Waals surface area contributed by atoms with E-state index in [1.54, 1.807) is 6.08 Å². The van der Waals surface area contributed by atoms with E-state index in [4.69, 9.17) is 24.3 Å². The van der Waals surface area contributed by atoms with E-state index in [-0.39, 0.29) is 32.8 Å². The van der Waals surface area contributed by atoms with Crippen molar-refractivity contribution in [3.05, 3.63) is 109 Å². The van der Waals surface area contributed by atoms with Gasteiger partial charge in [-0.25, -0.2) is 4.57 Å². The SMILES string of the molecule is CC/C=C\C/C=C\C/C=C\C/C=C\C/C=C\CC(=O)OC(COCCCCCCCCC/C=C\C/C=C\C/C=C\C/C=C\CC)COP(=O)(O)OCCN. The molecule has 0 aliphatic carbocycles. The lowest BCUT2D eigenvalue weighted by Crippen LogP contribution is -2.28. The molecule has 0 spiro atoms. The van der Waals surface area contributed by atoms with E-state index in [1.807, 2.05) is 6.08 Å². The first-order valence-corrected chi connectivity index (χ1v) is 21.9. The Morgan fingerprint density at radius 2 is 0.981 bits per heavy atom. The number of unbranched alkanes of at least 4 members (excludes halogenated alkanes) is 7. The summed E-state index contributed by atoms with van der Waals surface area (Å²) < 4.78 is 33.2. The van der Waals surface area contributed by atoms with Crippen molar-refractivity contribution >= 4 is 13.8 Å². The maximum absolute atomic E-state index is 12.5. The summed E-state index contributed by atoms with van der Waals surface area (Å²) in [6, 6.07) is 0. The van der Waals surface area contributed by atoms with E-state index in [2.05, 4.69) is 111 Å². The number of hydrogen-bond acceptors (Lipinski definition) is 7. The lowest BCUT2D eigenvalue weighted by molar-refractivity contribution is -0.153. The van der Waals surface area contributed by atoms with Crippen LogP contribution in [0, 0.1) is 0 Å². The summed E-state index contributed by atoms with van der Waals surface area (Å²) in [5.41, 5.74) is 5.35. The van der Waals surface area contributed by atoms with Crippen molar-refractivity contribution in [3.8, 4) is 0 Å². The van der Waals surface area contributed by atoms with Gasteiger partial charge in [0.1, 0.15) is 6.10 Å². The molecular formula is C45H74NO7P. The summed E-state index contributed by atoms with van der Waals surface area (Å²) in [5.74, 6) is -0.466. The van der Waals surface area contributed by atoms with Crippen molar-refractivity contribution in [3.63, 3.8) is 0 Å². The standard InChI is InChI=1S/C45H74NO7P/c1-3-5-7-9-11-13-15-17-19-20-21-22-23-25-27-29-31-33-35-37-40-50-42-44(43-52-54(48,49)51-41-39-46)53-45(47)38-36-34-32-30-28-26-24-18-16-14-12-10-8-6-4-2/h5-8,11-14,17-19,21-22,24,28,30,34,36,44H,3-4,9-10,15-16,20,23,25-27,29,31-33,35,37-43,46H2,1-2H3,(H,48,49)/b7-5-,8-6-,13-11-,14-12-,19-17-,22-21-,24-18-,30-28-,36-34-. The predicted molar refractivity (Wildman–Crippen MR) is 228 cm³/mol. The first-order valence-electron chi connectivity index (χ1n) is 20.4. The number of carbonyl (C=O) groups excluding carboxylic acids is 1. The highest BCUT2D eigenvalue weighted by Crippen LogP contribution is 2.43. The van der Waals surface area contributed by atoms with E-state index in [0.29, 0.717) is 13.0 Å². The molecule has 9 heteroatoms. The molecule has 0 aromatic carbocycles. The Morgan fingerprint density at radius 1 is 0.556 bits per heavy atom. The smallest absolute Gasteiger partial charge is 0.457 e. The predicted octanol–water partition coefficient (Wildman–Crippen LogP) is 12.1. The van der Waals surface area contributed by atoms with Gasteiger partial charge in [0.05, 0.1) is 26.2 Å². The molecule has 0 saturated heterocycles. The van der Waals surface area contributed by atoms with E-state index in [9.17, 15) is 14.3 Å². The van der Waals surface area contributed by atoms with Gasteiger partial charge in [-0.1, -0.05) is 155 Å². The summed E-state index contributed by atoms with van der Waals surface area (Å²) in [4.78, 5) is 22.4.